The molecule has 2 N–H and O–H groups in total. The number of rotatable bonds is 3. The second kappa shape index (κ2) is 6.05. The summed E-state index contributed by atoms with van der Waals surface area (Å²) >= 11 is 1.48. The number of hydrogen-bond donors (Lipinski definition) is 2. The number of hydrogen-bond acceptors (Lipinski definition) is 4. The predicted molar refractivity (Wildman–Crippen MR) is 68.2 cm³/mol. The molecule has 0 saturated heterocycles. The van der Waals surface area contributed by atoms with Gasteiger partial charge in [0.15, 0.2) is 5.76 Å². The minimum absolute atomic E-state index is 0.150. The normalized spacial score (nSPS) is 9.61. The van der Waals surface area contributed by atoms with Crippen molar-refractivity contribution in [2.45, 2.75) is 6.54 Å². The van der Waals surface area contributed by atoms with E-state index in [4.69, 9.17) is 9.52 Å². The minimum Gasteiger partial charge on any atom is -0.459 e. The van der Waals surface area contributed by atoms with Crippen molar-refractivity contribution in [1.82, 2.24) is 5.32 Å². The van der Waals surface area contributed by atoms with Crippen LogP contribution in [0.5, 0.6) is 0 Å². The summed E-state index contributed by atoms with van der Waals surface area (Å²) in [6.07, 6.45) is 1.46. The number of aliphatic hydroxyl groups is 1. The number of amides is 1. The average molecular weight is 261 g/mol. The van der Waals surface area contributed by atoms with Crippen molar-refractivity contribution in [2.75, 3.05) is 6.61 Å². The van der Waals surface area contributed by atoms with Crippen LogP contribution < -0.4 is 5.32 Å². The van der Waals surface area contributed by atoms with Crippen molar-refractivity contribution in [2.24, 2.45) is 0 Å². The maximum atomic E-state index is 11.6. The molecule has 2 rings (SSSR count). The molecular weight excluding hydrogens is 250 g/mol. The summed E-state index contributed by atoms with van der Waals surface area (Å²) in [5, 5.41) is 11.3. The van der Waals surface area contributed by atoms with Gasteiger partial charge >= 0.3 is 0 Å². The van der Waals surface area contributed by atoms with E-state index in [1.165, 1.54) is 17.6 Å². The van der Waals surface area contributed by atoms with Crippen molar-refractivity contribution in [1.29, 1.82) is 0 Å². The molecular formula is C13H11NO3S. The van der Waals surface area contributed by atoms with Gasteiger partial charge in [0.05, 0.1) is 17.7 Å². The summed E-state index contributed by atoms with van der Waals surface area (Å²) in [5.74, 6) is 5.45. The zero-order valence-electron chi connectivity index (χ0n) is 9.47. The topological polar surface area (TPSA) is 62.5 Å². The molecule has 0 atom stereocenters. The Morgan fingerprint density at radius 2 is 2.33 bits per heavy atom. The van der Waals surface area contributed by atoms with Gasteiger partial charge in [0.25, 0.3) is 5.91 Å². The fourth-order valence-corrected chi connectivity index (χ4v) is 2.15. The zero-order valence-corrected chi connectivity index (χ0v) is 10.3. The molecule has 0 aliphatic rings. The Kier molecular flexibility index (Phi) is 4.18. The molecule has 0 unspecified atom stereocenters. The molecule has 0 aliphatic carbocycles. The van der Waals surface area contributed by atoms with E-state index in [1.807, 2.05) is 12.1 Å². The quantitative estimate of drug-likeness (QED) is 0.825. The van der Waals surface area contributed by atoms with Crippen molar-refractivity contribution < 1.29 is 14.3 Å². The van der Waals surface area contributed by atoms with Crippen LogP contribution in [0.15, 0.2) is 34.9 Å². The fourth-order valence-electron chi connectivity index (χ4n) is 1.33. The van der Waals surface area contributed by atoms with Gasteiger partial charge in [-0.15, -0.1) is 11.3 Å². The Bertz CT molecular complexity index is 575. The SMILES string of the molecule is O=C(NCc1ccc(C#CCO)s1)c1ccco1. The van der Waals surface area contributed by atoms with Crippen LogP contribution in [-0.4, -0.2) is 17.6 Å². The minimum atomic E-state index is -0.239. The first kappa shape index (κ1) is 12.4. The van der Waals surface area contributed by atoms with Crippen LogP contribution >= 0.6 is 11.3 Å². The molecule has 0 aromatic carbocycles. The Labute approximate surface area is 108 Å². The molecule has 0 aliphatic heterocycles. The Morgan fingerprint density at radius 3 is 3.06 bits per heavy atom. The first-order chi connectivity index (χ1) is 8.79. The van der Waals surface area contributed by atoms with E-state index in [9.17, 15) is 4.79 Å². The summed E-state index contributed by atoms with van der Waals surface area (Å²) in [6.45, 7) is 0.285. The van der Waals surface area contributed by atoms with Gasteiger partial charge in [-0.1, -0.05) is 11.8 Å². The van der Waals surface area contributed by atoms with E-state index in [0.29, 0.717) is 12.3 Å². The molecule has 18 heavy (non-hydrogen) atoms. The van der Waals surface area contributed by atoms with Crippen molar-refractivity contribution in [3.63, 3.8) is 0 Å². The predicted octanol–water partition coefficient (Wildman–Crippen LogP) is 1.61. The van der Waals surface area contributed by atoms with Crippen LogP contribution in [0.1, 0.15) is 20.3 Å². The largest absolute Gasteiger partial charge is 0.459 e. The first-order valence-corrected chi connectivity index (χ1v) is 6.11. The summed E-state index contributed by atoms with van der Waals surface area (Å²) in [4.78, 5) is 13.5. The third kappa shape index (κ3) is 3.23. The number of thiophene rings is 1. The molecule has 0 bridgehead atoms. The van der Waals surface area contributed by atoms with Gasteiger partial charge in [-0.25, -0.2) is 0 Å². The summed E-state index contributed by atoms with van der Waals surface area (Å²) in [7, 11) is 0. The second-order valence-corrected chi connectivity index (χ2v) is 4.55. The Morgan fingerprint density at radius 1 is 1.44 bits per heavy atom. The molecule has 2 heterocycles. The standard InChI is InChI=1S/C13H11NO3S/c15-7-1-3-10-5-6-11(18-10)9-14-13(16)12-4-2-8-17-12/h2,4-6,8,15H,7,9H2,(H,14,16). The summed E-state index contributed by atoms with van der Waals surface area (Å²) in [6, 6.07) is 7.04. The molecule has 5 heteroatoms. The van der Waals surface area contributed by atoms with Crippen molar-refractivity contribution >= 4 is 17.2 Å². The highest BCUT2D eigenvalue weighted by Crippen LogP contribution is 2.15. The molecule has 0 spiro atoms. The van der Waals surface area contributed by atoms with E-state index in [0.717, 1.165) is 9.75 Å². The molecule has 92 valence electrons. The van der Waals surface area contributed by atoms with Crippen molar-refractivity contribution in [3.8, 4) is 11.8 Å². The first-order valence-electron chi connectivity index (χ1n) is 5.30. The Balaban J connectivity index is 1.90. The maximum absolute atomic E-state index is 11.6. The van der Waals surface area contributed by atoms with Gasteiger partial charge in [-0.05, 0) is 24.3 Å². The second-order valence-electron chi connectivity index (χ2n) is 3.39. The van der Waals surface area contributed by atoms with Gasteiger partial charge in [0, 0.05) is 4.88 Å². The lowest BCUT2D eigenvalue weighted by atomic mass is 10.4. The van der Waals surface area contributed by atoms with Gasteiger partial charge in [-0.2, -0.15) is 0 Å². The van der Waals surface area contributed by atoms with E-state index in [2.05, 4.69) is 17.2 Å². The molecule has 2 aromatic rings. The lowest BCUT2D eigenvalue weighted by molar-refractivity contribution is 0.0923. The molecule has 4 nitrogen and oxygen atoms in total. The van der Waals surface area contributed by atoms with Crippen LogP contribution in [0.4, 0.5) is 0 Å². The van der Waals surface area contributed by atoms with Crippen LogP contribution in [0, 0.1) is 11.8 Å². The Hall–Kier alpha value is -2.03. The van der Waals surface area contributed by atoms with E-state index in [-0.39, 0.29) is 12.5 Å². The summed E-state index contributed by atoms with van der Waals surface area (Å²) < 4.78 is 4.98. The third-order valence-corrected chi connectivity index (χ3v) is 3.12. The highest BCUT2D eigenvalue weighted by molar-refractivity contribution is 7.12. The number of aliphatic hydroxyl groups excluding tert-OH is 1. The van der Waals surface area contributed by atoms with Crippen molar-refractivity contribution in [3.05, 3.63) is 46.0 Å². The van der Waals surface area contributed by atoms with Crippen LogP contribution in [0.2, 0.25) is 0 Å². The number of nitrogens with one attached hydrogen (secondary N) is 1. The lowest BCUT2D eigenvalue weighted by Gasteiger charge is -1.99. The fraction of sp³-hybridized carbons (Fsp3) is 0.154. The highest BCUT2D eigenvalue weighted by atomic mass is 32.1. The van der Waals surface area contributed by atoms with E-state index in [1.54, 1.807) is 12.1 Å². The number of carbonyl (C=O) groups is 1. The lowest BCUT2D eigenvalue weighted by Crippen LogP contribution is -2.21. The van der Waals surface area contributed by atoms with Crippen LogP contribution in [-0.2, 0) is 6.54 Å². The van der Waals surface area contributed by atoms with Gasteiger partial charge in [0.1, 0.15) is 6.61 Å². The molecule has 1 amide bonds. The highest BCUT2D eigenvalue weighted by Gasteiger charge is 2.08. The average Bonchev–Trinajstić information content (AvgIpc) is 3.04. The van der Waals surface area contributed by atoms with E-state index >= 15 is 0 Å². The number of carbonyl (C=O) groups excluding carboxylic acids is 1. The summed E-state index contributed by atoms with van der Waals surface area (Å²) in [5.41, 5.74) is 0. The van der Waals surface area contributed by atoms with Crippen LogP contribution in [0.3, 0.4) is 0 Å². The van der Waals surface area contributed by atoms with Gasteiger partial charge in [-0.3, -0.25) is 4.79 Å². The monoisotopic (exact) mass is 261 g/mol. The molecule has 0 saturated carbocycles. The molecule has 2 aromatic heterocycles. The van der Waals surface area contributed by atoms with Gasteiger partial charge in [0.2, 0.25) is 0 Å². The third-order valence-electron chi connectivity index (χ3n) is 2.12. The number of furan rings is 1. The zero-order chi connectivity index (χ0) is 12.8. The maximum Gasteiger partial charge on any atom is 0.287 e. The van der Waals surface area contributed by atoms with E-state index < -0.39 is 0 Å². The smallest absolute Gasteiger partial charge is 0.287 e. The van der Waals surface area contributed by atoms with Crippen LogP contribution in [0.25, 0.3) is 0 Å². The van der Waals surface area contributed by atoms with Gasteiger partial charge < -0.3 is 14.8 Å². The molecule has 0 fully saturated rings. The molecule has 0 radical (unpaired) electrons.